The van der Waals surface area contributed by atoms with Crippen LogP contribution < -0.4 is 5.32 Å². The van der Waals surface area contributed by atoms with Gasteiger partial charge in [0, 0.05) is 29.1 Å². The Morgan fingerprint density at radius 2 is 2.00 bits per heavy atom. The van der Waals surface area contributed by atoms with Crippen molar-refractivity contribution >= 4 is 17.7 Å². The summed E-state index contributed by atoms with van der Waals surface area (Å²) in [6, 6.07) is 15.5. The van der Waals surface area contributed by atoms with Gasteiger partial charge >= 0.3 is 0 Å². The van der Waals surface area contributed by atoms with Crippen molar-refractivity contribution in [3.63, 3.8) is 0 Å². The molecule has 0 aliphatic carbocycles. The molecule has 23 heavy (non-hydrogen) atoms. The number of amides is 1. The first-order valence-corrected chi connectivity index (χ1v) is 7.06. The monoisotopic (exact) mass is 307 g/mol. The van der Waals surface area contributed by atoms with Crippen molar-refractivity contribution < 1.29 is 9.18 Å². The maximum atomic E-state index is 13.5. The number of H-pyrrole nitrogens is 1. The highest BCUT2D eigenvalue weighted by Crippen LogP contribution is 2.20. The first kappa shape index (κ1) is 14.7. The summed E-state index contributed by atoms with van der Waals surface area (Å²) in [5, 5.41) is 9.52. The molecule has 5 heteroatoms. The Labute approximate surface area is 132 Å². The summed E-state index contributed by atoms with van der Waals surface area (Å²) in [6.07, 6.45) is 4.42. The van der Waals surface area contributed by atoms with E-state index in [4.69, 9.17) is 0 Å². The van der Waals surface area contributed by atoms with Crippen molar-refractivity contribution in [2.24, 2.45) is 0 Å². The highest BCUT2D eigenvalue weighted by Gasteiger charge is 2.03. The molecule has 2 N–H and O–H groups in total. The molecule has 0 unspecified atom stereocenters. The van der Waals surface area contributed by atoms with Crippen molar-refractivity contribution in [2.45, 2.75) is 0 Å². The Balaban J connectivity index is 1.71. The van der Waals surface area contributed by atoms with Gasteiger partial charge in [-0.3, -0.25) is 9.89 Å². The minimum Gasteiger partial charge on any atom is -0.322 e. The Morgan fingerprint density at radius 1 is 1.13 bits per heavy atom. The minimum absolute atomic E-state index is 0.324. The summed E-state index contributed by atoms with van der Waals surface area (Å²) in [5.74, 6) is -0.687. The average molecular weight is 307 g/mol. The Hall–Kier alpha value is -3.21. The van der Waals surface area contributed by atoms with E-state index in [0.29, 0.717) is 11.3 Å². The fourth-order valence-corrected chi connectivity index (χ4v) is 2.14. The number of benzene rings is 2. The van der Waals surface area contributed by atoms with E-state index in [2.05, 4.69) is 15.5 Å². The van der Waals surface area contributed by atoms with Crippen LogP contribution in [0, 0.1) is 5.82 Å². The average Bonchev–Trinajstić information content (AvgIpc) is 3.09. The normalized spacial score (nSPS) is 10.8. The Morgan fingerprint density at radius 3 is 2.78 bits per heavy atom. The van der Waals surface area contributed by atoms with Gasteiger partial charge in [0.15, 0.2) is 0 Å². The Bertz CT molecular complexity index is 841. The topological polar surface area (TPSA) is 57.8 Å². The zero-order valence-corrected chi connectivity index (χ0v) is 12.2. The molecule has 0 saturated carbocycles. The number of nitrogens with one attached hydrogen (secondary N) is 2. The van der Waals surface area contributed by atoms with Crippen molar-refractivity contribution in [1.29, 1.82) is 0 Å². The molecule has 1 heterocycles. The summed E-state index contributed by atoms with van der Waals surface area (Å²) in [7, 11) is 0. The first-order valence-electron chi connectivity index (χ1n) is 7.06. The molecule has 0 fully saturated rings. The molecule has 2 aromatic carbocycles. The van der Waals surface area contributed by atoms with Gasteiger partial charge in [-0.15, -0.1) is 0 Å². The lowest BCUT2D eigenvalue weighted by Gasteiger charge is -2.04. The second-order valence-electron chi connectivity index (χ2n) is 4.90. The molecular weight excluding hydrogens is 293 g/mol. The lowest BCUT2D eigenvalue weighted by Crippen LogP contribution is -2.07. The van der Waals surface area contributed by atoms with E-state index in [9.17, 15) is 9.18 Å². The van der Waals surface area contributed by atoms with Gasteiger partial charge in [-0.25, -0.2) is 4.39 Å². The summed E-state index contributed by atoms with van der Waals surface area (Å²) in [5.41, 5.74) is 2.80. The number of hydrogen-bond acceptors (Lipinski definition) is 2. The highest BCUT2D eigenvalue weighted by atomic mass is 19.1. The van der Waals surface area contributed by atoms with Crippen molar-refractivity contribution in [3.05, 3.63) is 78.3 Å². The number of rotatable bonds is 4. The van der Waals surface area contributed by atoms with E-state index < -0.39 is 0 Å². The maximum Gasteiger partial charge on any atom is 0.248 e. The number of halogens is 1. The molecule has 0 atom stereocenters. The van der Waals surface area contributed by atoms with Crippen LogP contribution in [0.25, 0.3) is 17.3 Å². The van der Waals surface area contributed by atoms with Crippen LogP contribution in [0.3, 0.4) is 0 Å². The third-order valence-corrected chi connectivity index (χ3v) is 3.26. The van der Waals surface area contributed by atoms with Crippen LogP contribution in [0.4, 0.5) is 10.1 Å². The van der Waals surface area contributed by atoms with E-state index in [1.54, 1.807) is 30.5 Å². The number of carbonyl (C=O) groups excluding carboxylic acids is 1. The van der Waals surface area contributed by atoms with Gasteiger partial charge in [0.2, 0.25) is 5.91 Å². The number of anilines is 1. The molecule has 1 amide bonds. The smallest absolute Gasteiger partial charge is 0.248 e. The van der Waals surface area contributed by atoms with Crippen molar-refractivity contribution in [3.8, 4) is 11.3 Å². The molecule has 3 rings (SSSR count). The van der Waals surface area contributed by atoms with Crippen LogP contribution in [-0.4, -0.2) is 16.1 Å². The quantitative estimate of drug-likeness (QED) is 0.719. The second-order valence-corrected chi connectivity index (χ2v) is 4.90. The van der Waals surface area contributed by atoms with Crippen LogP contribution in [0.2, 0.25) is 0 Å². The first-order chi connectivity index (χ1) is 11.2. The molecule has 114 valence electrons. The zero-order valence-electron chi connectivity index (χ0n) is 12.2. The van der Waals surface area contributed by atoms with Gasteiger partial charge in [-0.05, 0) is 30.3 Å². The largest absolute Gasteiger partial charge is 0.322 e. The maximum absolute atomic E-state index is 13.5. The van der Waals surface area contributed by atoms with E-state index >= 15 is 0 Å². The zero-order chi connectivity index (χ0) is 16.1. The van der Waals surface area contributed by atoms with Crippen LogP contribution in [0.1, 0.15) is 5.56 Å². The van der Waals surface area contributed by atoms with E-state index in [1.165, 1.54) is 18.2 Å². The predicted molar refractivity (Wildman–Crippen MR) is 88.1 cm³/mol. The van der Waals surface area contributed by atoms with Gasteiger partial charge in [0.1, 0.15) is 5.82 Å². The standard InChI is InChI=1S/C18H14FN3O/c19-16-7-2-1-4-13(16)8-9-18(23)21-15-6-3-5-14(12-15)17-10-11-20-22-17/h1-12H,(H,20,22)(H,21,23)/b9-8+. The summed E-state index contributed by atoms with van der Waals surface area (Å²) in [4.78, 5) is 12.0. The Kier molecular flexibility index (Phi) is 4.29. The van der Waals surface area contributed by atoms with Crippen LogP contribution in [0.15, 0.2) is 66.9 Å². The summed E-state index contributed by atoms with van der Waals surface area (Å²) >= 11 is 0. The van der Waals surface area contributed by atoms with Gasteiger partial charge in [0.05, 0.1) is 5.69 Å². The fraction of sp³-hybridized carbons (Fsp3) is 0. The van der Waals surface area contributed by atoms with Crippen LogP contribution >= 0.6 is 0 Å². The molecule has 0 aliphatic heterocycles. The molecule has 1 aromatic heterocycles. The number of hydrogen-bond donors (Lipinski definition) is 2. The van der Waals surface area contributed by atoms with Gasteiger partial charge in [0.25, 0.3) is 0 Å². The van der Waals surface area contributed by atoms with Gasteiger partial charge in [-0.1, -0.05) is 30.3 Å². The highest BCUT2D eigenvalue weighted by molar-refractivity contribution is 6.02. The molecule has 0 radical (unpaired) electrons. The SMILES string of the molecule is O=C(/C=C/c1ccccc1F)Nc1cccc(-c2ccn[nH]2)c1. The van der Waals surface area contributed by atoms with E-state index in [1.807, 2.05) is 24.3 Å². The van der Waals surface area contributed by atoms with E-state index in [-0.39, 0.29) is 11.7 Å². The lowest BCUT2D eigenvalue weighted by molar-refractivity contribution is -0.111. The molecule has 0 aliphatic rings. The summed E-state index contributed by atoms with van der Waals surface area (Å²) < 4.78 is 13.5. The van der Waals surface area contributed by atoms with Gasteiger partial charge in [-0.2, -0.15) is 5.10 Å². The molecule has 0 bridgehead atoms. The number of nitrogens with zero attached hydrogens (tertiary/aromatic N) is 1. The molecule has 0 spiro atoms. The summed E-state index contributed by atoms with van der Waals surface area (Å²) in [6.45, 7) is 0. The minimum atomic E-state index is -0.363. The van der Waals surface area contributed by atoms with E-state index in [0.717, 1.165) is 11.3 Å². The number of aromatic amines is 1. The number of carbonyl (C=O) groups is 1. The van der Waals surface area contributed by atoms with Crippen LogP contribution in [-0.2, 0) is 4.79 Å². The molecule has 3 aromatic rings. The van der Waals surface area contributed by atoms with Gasteiger partial charge < -0.3 is 5.32 Å². The van der Waals surface area contributed by atoms with Crippen molar-refractivity contribution in [2.75, 3.05) is 5.32 Å². The third kappa shape index (κ3) is 3.71. The third-order valence-electron chi connectivity index (χ3n) is 3.26. The van der Waals surface area contributed by atoms with Crippen molar-refractivity contribution in [1.82, 2.24) is 10.2 Å². The second kappa shape index (κ2) is 6.70. The number of aromatic nitrogens is 2. The molecule has 0 saturated heterocycles. The fourth-order valence-electron chi connectivity index (χ4n) is 2.14. The predicted octanol–water partition coefficient (Wildman–Crippen LogP) is 3.87. The van der Waals surface area contributed by atoms with Crippen LogP contribution in [0.5, 0.6) is 0 Å². The molecular formula is C18H14FN3O. The lowest BCUT2D eigenvalue weighted by atomic mass is 10.1. The molecule has 4 nitrogen and oxygen atoms in total.